The molecule has 142 valence electrons. The van der Waals surface area contributed by atoms with Crippen LogP contribution in [0.3, 0.4) is 0 Å². The molecule has 5 nitrogen and oxygen atoms in total. The zero-order valence-corrected chi connectivity index (χ0v) is 15.2. The Balaban J connectivity index is 1.38. The summed E-state index contributed by atoms with van der Waals surface area (Å²) in [4.78, 5) is 26.6. The molecule has 2 N–H and O–H groups in total. The largest absolute Gasteiger partial charge is 0.326 e. The van der Waals surface area contributed by atoms with Gasteiger partial charge in [0.15, 0.2) is 0 Å². The van der Waals surface area contributed by atoms with Gasteiger partial charge in [-0.15, -0.1) is 0 Å². The second kappa shape index (κ2) is 9.28. The van der Waals surface area contributed by atoms with Crippen LogP contribution >= 0.6 is 0 Å². The summed E-state index contributed by atoms with van der Waals surface area (Å²) in [5.74, 6) is -0.444. The number of amides is 2. The summed E-state index contributed by atoms with van der Waals surface area (Å²) in [5, 5.41) is 5.66. The number of piperidine rings is 1. The zero-order chi connectivity index (χ0) is 19.1. The topological polar surface area (TPSA) is 61.4 Å². The second-order valence-corrected chi connectivity index (χ2v) is 6.78. The summed E-state index contributed by atoms with van der Waals surface area (Å²) in [6, 6.07) is 15.3. The van der Waals surface area contributed by atoms with Crippen LogP contribution in [-0.4, -0.2) is 36.3 Å². The Hall–Kier alpha value is -2.73. The molecule has 0 aliphatic carbocycles. The maximum Gasteiger partial charge on any atom is 0.227 e. The first-order chi connectivity index (χ1) is 13.1. The molecule has 6 heteroatoms. The van der Waals surface area contributed by atoms with Gasteiger partial charge in [-0.1, -0.05) is 24.3 Å². The predicted octanol–water partition coefficient (Wildman–Crippen LogP) is 3.51. The molecular weight excluding hydrogens is 345 g/mol. The Bertz CT molecular complexity index is 774. The molecule has 0 aromatic heterocycles. The van der Waals surface area contributed by atoms with E-state index in [4.69, 9.17) is 0 Å². The number of hydrogen-bond donors (Lipinski definition) is 2. The second-order valence-electron chi connectivity index (χ2n) is 6.78. The SMILES string of the molecule is O=C(CCN1CCC(C(=O)Nc2ccccc2)CC1)Nc1cccc(F)c1. The van der Waals surface area contributed by atoms with Gasteiger partial charge in [-0.3, -0.25) is 9.59 Å². The molecular formula is C21H24FN3O2. The summed E-state index contributed by atoms with van der Waals surface area (Å²) in [7, 11) is 0. The van der Waals surface area contributed by atoms with Crippen molar-refractivity contribution in [3.05, 3.63) is 60.4 Å². The van der Waals surface area contributed by atoms with E-state index in [-0.39, 0.29) is 23.5 Å². The molecule has 1 heterocycles. The molecule has 3 rings (SSSR count). The molecule has 2 amide bonds. The van der Waals surface area contributed by atoms with E-state index in [0.29, 0.717) is 18.7 Å². The fourth-order valence-corrected chi connectivity index (χ4v) is 3.23. The number of halogens is 1. The van der Waals surface area contributed by atoms with Gasteiger partial charge in [0.2, 0.25) is 11.8 Å². The van der Waals surface area contributed by atoms with E-state index < -0.39 is 0 Å². The van der Waals surface area contributed by atoms with Gasteiger partial charge in [-0.05, 0) is 56.3 Å². The first-order valence-electron chi connectivity index (χ1n) is 9.24. The lowest BCUT2D eigenvalue weighted by molar-refractivity contribution is -0.121. The van der Waals surface area contributed by atoms with E-state index in [2.05, 4.69) is 15.5 Å². The van der Waals surface area contributed by atoms with Gasteiger partial charge in [-0.25, -0.2) is 4.39 Å². The summed E-state index contributed by atoms with van der Waals surface area (Å²) < 4.78 is 13.1. The van der Waals surface area contributed by atoms with Crippen LogP contribution in [0.25, 0.3) is 0 Å². The lowest BCUT2D eigenvalue weighted by Crippen LogP contribution is -2.39. The number of hydrogen-bond acceptors (Lipinski definition) is 3. The Morgan fingerprint density at radius 1 is 0.963 bits per heavy atom. The number of carbonyl (C=O) groups excluding carboxylic acids is 2. The molecule has 0 unspecified atom stereocenters. The van der Waals surface area contributed by atoms with Gasteiger partial charge in [-0.2, -0.15) is 0 Å². The lowest BCUT2D eigenvalue weighted by atomic mass is 9.95. The van der Waals surface area contributed by atoms with E-state index in [0.717, 1.165) is 31.6 Å². The van der Waals surface area contributed by atoms with Crippen molar-refractivity contribution >= 4 is 23.2 Å². The summed E-state index contributed by atoms with van der Waals surface area (Å²) in [6.45, 7) is 2.22. The van der Waals surface area contributed by atoms with Gasteiger partial charge in [0.25, 0.3) is 0 Å². The minimum Gasteiger partial charge on any atom is -0.326 e. The molecule has 1 fully saturated rings. The van der Waals surface area contributed by atoms with Crippen LogP contribution in [0.1, 0.15) is 19.3 Å². The quantitative estimate of drug-likeness (QED) is 0.819. The summed E-state index contributed by atoms with van der Waals surface area (Å²) >= 11 is 0. The highest BCUT2D eigenvalue weighted by atomic mass is 19.1. The van der Waals surface area contributed by atoms with Crippen molar-refractivity contribution in [2.75, 3.05) is 30.3 Å². The van der Waals surface area contributed by atoms with Crippen molar-refractivity contribution in [3.8, 4) is 0 Å². The zero-order valence-electron chi connectivity index (χ0n) is 15.2. The van der Waals surface area contributed by atoms with Crippen molar-refractivity contribution in [1.82, 2.24) is 4.90 Å². The highest BCUT2D eigenvalue weighted by Crippen LogP contribution is 2.20. The molecule has 0 spiro atoms. The maximum atomic E-state index is 13.1. The molecule has 1 aliphatic heterocycles. The van der Waals surface area contributed by atoms with Crippen LogP contribution in [0.2, 0.25) is 0 Å². The molecule has 0 radical (unpaired) electrons. The average molecular weight is 369 g/mol. The van der Waals surface area contributed by atoms with Crippen LogP contribution in [0, 0.1) is 11.7 Å². The first-order valence-corrected chi connectivity index (χ1v) is 9.24. The highest BCUT2D eigenvalue weighted by Gasteiger charge is 2.25. The van der Waals surface area contributed by atoms with Crippen molar-refractivity contribution in [2.24, 2.45) is 5.92 Å². The van der Waals surface area contributed by atoms with Gasteiger partial charge < -0.3 is 15.5 Å². The Kier molecular flexibility index (Phi) is 6.54. The Labute approximate surface area is 158 Å². The molecule has 1 aliphatic rings. The Morgan fingerprint density at radius 3 is 2.37 bits per heavy atom. The van der Waals surface area contributed by atoms with Gasteiger partial charge in [0, 0.05) is 30.3 Å². The molecule has 2 aromatic rings. The van der Waals surface area contributed by atoms with Crippen LogP contribution in [-0.2, 0) is 9.59 Å². The average Bonchev–Trinajstić information content (AvgIpc) is 2.67. The van der Waals surface area contributed by atoms with Crippen molar-refractivity contribution in [3.63, 3.8) is 0 Å². The van der Waals surface area contributed by atoms with Crippen molar-refractivity contribution in [1.29, 1.82) is 0 Å². The van der Waals surface area contributed by atoms with Gasteiger partial charge in [0.1, 0.15) is 5.82 Å². The Morgan fingerprint density at radius 2 is 1.67 bits per heavy atom. The number of nitrogens with zero attached hydrogens (tertiary/aromatic N) is 1. The first kappa shape index (κ1) is 19.0. The monoisotopic (exact) mass is 369 g/mol. The number of nitrogens with one attached hydrogen (secondary N) is 2. The minimum atomic E-state index is -0.372. The summed E-state index contributed by atoms with van der Waals surface area (Å²) in [6.07, 6.45) is 1.91. The fourth-order valence-electron chi connectivity index (χ4n) is 3.23. The van der Waals surface area contributed by atoms with Crippen molar-refractivity contribution < 1.29 is 14.0 Å². The van der Waals surface area contributed by atoms with E-state index in [1.165, 1.54) is 12.1 Å². The lowest BCUT2D eigenvalue weighted by Gasteiger charge is -2.31. The number of rotatable bonds is 6. The van der Waals surface area contributed by atoms with Gasteiger partial charge in [0.05, 0.1) is 0 Å². The molecule has 1 saturated heterocycles. The van der Waals surface area contributed by atoms with Crippen LogP contribution in [0.5, 0.6) is 0 Å². The van der Waals surface area contributed by atoms with Crippen LogP contribution < -0.4 is 10.6 Å². The van der Waals surface area contributed by atoms with Crippen LogP contribution in [0.15, 0.2) is 54.6 Å². The third kappa shape index (κ3) is 5.89. The third-order valence-electron chi connectivity index (χ3n) is 4.76. The smallest absolute Gasteiger partial charge is 0.227 e. The van der Waals surface area contributed by atoms with E-state index in [1.54, 1.807) is 12.1 Å². The van der Waals surface area contributed by atoms with E-state index >= 15 is 0 Å². The normalized spacial score (nSPS) is 15.3. The number of anilines is 2. The van der Waals surface area contributed by atoms with Crippen molar-refractivity contribution in [2.45, 2.75) is 19.3 Å². The standard InChI is InChI=1S/C21H24FN3O2/c22-17-5-4-8-19(15-17)23-20(26)11-14-25-12-9-16(10-13-25)21(27)24-18-6-2-1-3-7-18/h1-8,15-16H,9-14H2,(H,23,26)(H,24,27). The molecule has 0 atom stereocenters. The van der Waals surface area contributed by atoms with E-state index in [1.807, 2.05) is 30.3 Å². The molecule has 0 saturated carbocycles. The summed E-state index contributed by atoms with van der Waals surface area (Å²) in [5.41, 5.74) is 1.29. The van der Waals surface area contributed by atoms with E-state index in [9.17, 15) is 14.0 Å². The number of carbonyl (C=O) groups is 2. The number of para-hydroxylation sites is 1. The number of benzene rings is 2. The molecule has 27 heavy (non-hydrogen) atoms. The fraction of sp³-hybridized carbons (Fsp3) is 0.333. The van der Waals surface area contributed by atoms with Crippen LogP contribution in [0.4, 0.5) is 15.8 Å². The molecule has 2 aromatic carbocycles. The maximum absolute atomic E-state index is 13.1. The highest BCUT2D eigenvalue weighted by molar-refractivity contribution is 5.92. The minimum absolute atomic E-state index is 0.00239. The van der Waals surface area contributed by atoms with Gasteiger partial charge >= 0.3 is 0 Å². The number of likely N-dealkylation sites (tertiary alicyclic amines) is 1. The third-order valence-corrected chi connectivity index (χ3v) is 4.76. The molecule has 0 bridgehead atoms. The predicted molar refractivity (Wildman–Crippen MR) is 104 cm³/mol.